The quantitative estimate of drug-likeness (QED) is 0.800. The van der Waals surface area contributed by atoms with E-state index >= 15 is 0 Å². The molecule has 0 aromatic heterocycles. The van der Waals surface area contributed by atoms with Gasteiger partial charge in [0, 0.05) is 25.2 Å². The second-order valence-corrected chi connectivity index (χ2v) is 6.53. The number of rotatable bonds is 6. The molecule has 1 amide bonds. The van der Waals surface area contributed by atoms with Gasteiger partial charge in [-0.15, -0.1) is 0 Å². The first-order chi connectivity index (χ1) is 8.75. The van der Waals surface area contributed by atoms with Crippen LogP contribution in [0.2, 0.25) is 0 Å². The number of nitrogens with one attached hydrogen (secondary N) is 1. The van der Waals surface area contributed by atoms with Crippen LogP contribution in [0.25, 0.3) is 0 Å². The van der Waals surface area contributed by atoms with E-state index in [0.717, 1.165) is 13.1 Å². The van der Waals surface area contributed by atoms with Gasteiger partial charge in [0.05, 0.1) is 12.2 Å². The molecular weight excluding hydrogens is 238 g/mol. The minimum absolute atomic E-state index is 0.0426. The molecule has 0 radical (unpaired) electrons. The number of nitrogens with zero attached hydrogens (tertiary/aromatic N) is 2. The van der Waals surface area contributed by atoms with Gasteiger partial charge in [-0.2, -0.15) is 0 Å². The summed E-state index contributed by atoms with van der Waals surface area (Å²) in [5.41, 5.74) is 0. The zero-order chi connectivity index (χ0) is 14.7. The molecule has 1 rings (SSSR count). The largest absolute Gasteiger partial charge is 0.324 e. The molecule has 112 valence electrons. The number of amides is 1. The van der Waals surface area contributed by atoms with Crippen LogP contribution >= 0.6 is 0 Å². The van der Waals surface area contributed by atoms with E-state index in [9.17, 15) is 4.79 Å². The Labute approximate surface area is 118 Å². The average Bonchev–Trinajstić information content (AvgIpc) is 2.56. The summed E-state index contributed by atoms with van der Waals surface area (Å²) in [6.07, 6.45) is 0.184. The van der Waals surface area contributed by atoms with Crippen LogP contribution in [0, 0.1) is 5.92 Å². The predicted molar refractivity (Wildman–Crippen MR) is 79.9 cm³/mol. The molecule has 2 unspecified atom stereocenters. The predicted octanol–water partition coefficient (Wildman–Crippen LogP) is 1.91. The molecule has 0 spiro atoms. The van der Waals surface area contributed by atoms with E-state index in [1.807, 2.05) is 11.8 Å². The molecule has 19 heavy (non-hydrogen) atoms. The van der Waals surface area contributed by atoms with Crippen LogP contribution < -0.4 is 5.32 Å². The molecular formula is C15H31N3O. The van der Waals surface area contributed by atoms with Crippen molar-refractivity contribution in [1.82, 2.24) is 15.1 Å². The van der Waals surface area contributed by atoms with Crippen LogP contribution in [0.1, 0.15) is 48.5 Å². The molecule has 1 fully saturated rings. The van der Waals surface area contributed by atoms with Crippen LogP contribution in [-0.4, -0.2) is 53.1 Å². The summed E-state index contributed by atoms with van der Waals surface area (Å²) in [5.74, 6) is 0.687. The van der Waals surface area contributed by atoms with Crippen LogP contribution in [-0.2, 0) is 4.79 Å². The van der Waals surface area contributed by atoms with Crippen molar-refractivity contribution in [2.24, 2.45) is 5.92 Å². The summed E-state index contributed by atoms with van der Waals surface area (Å²) in [6.45, 7) is 16.9. The van der Waals surface area contributed by atoms with Gasteiger partial charge in [-0.25, -0.2) is 0 Å². The number of carbonyl (C=O) groups is 1. The van der Waals surface area contributed by atoms with Crippen LogP contribution in [0.5, 0.6) is 0 Å². The SMILES string of the molecule is CC1NC(C(C)C)N(CCN(C(C)C)C(C)C)C1=O. The van der Waals surface area contributed by atoms with E-state index in [2.05, 4.69) is 51.8 Å². The van der Waals surface area contributed by atoms with Gasteiger partial charge in [0.2, 0.25) is 5.91 Å². The van der Waals surface area contributed by atoms with Gasteiger partial charge < -0.3 is 4.90 Å². The minimum Gasteiger partial charge on any atom is -0.324 e. The van der Waals surface area contributed by atoms with Crippen molar-refractivity contribution in [3.8, 4) is 0 Å². The Kier molecular flexibility index (Phi) is 5.81. The molecule has 0 aromatic rings. The highest BCUT2D eigenvalue weighted by Gasteiger charge is 2.37. The zero-order valence-electron chi connectivity index (χ0n) is 13.6. The third kappa shape index (κ3) is 3.93. The number of carbonyl (C=O) groups excluding carboxylic acids is 1. The zero-order valence-corrected chi connectivity index (χ0v) is 13.6. The fourth-order valence-corrected chi connectivity index (χ4v) is 2.94. The lowest BCUT2D eigenvalue weighted by Crippen LogP contribution is -2.47. The van der Waals surface area contributed by atoms with Gasteiger partial charge >= 0.3 is 0 Å². The molecule has 0 saturated carbocycles. The normalized spacial score (nSPS) is 24.6. The van der Waals surface area contributed by atoms with Gasteiger partial charge in [-0.05, 0) is 40.5 Å². The van der Waals surface area contributed by atoms with Crippen molar-refractivity contribution >= 4 is 5.91 Å². The molecule has 1 N–H and O–H groups in total. The van der Waals surface area contributed by atoms with Gasteiger partial charge in [-0.3, -0.25) is 15.0 Å². The van der Waals surface area contributed by atoms with Crippen molar-refractivity contribution in [2.75, 3.05) is 13.1 Å². The highest BCUT2D eigenvalue weighted by molar-refractivity contribution is 5.83. The van der Waals surface area contributed by atoms with Crippen molar-refractivity contribution < 1.29 is 4.79 Å². The van der Waals surface area contributed by atoms with Crippen LogP contribution in [0.3, 0.4) is 0 Å². The number of hydrogen-bond donors (Lipinski definition) is 1. The van der Waals surface area contributed by atoms with E-state index in [0.29, 0.717) is 18.0 Å². The summed E-state index contributed by atoms with van der Waals surface area (Å²) < 4.78 is 0. The third-order valence-corrected chi connectivity index (χ3v) is 3.97. The highest BCUT2D eigenvalue weighted by Crippen LogP contribution is 2.17. The Morgan fingerprint density at radius 1 is 1.16 bits per heavy atom. The summed E-state index contributed by atoms with van der Waals surface area (Å²) >= 11 is 0. The van der Waals surface area contributed by atoms with Crippen LogP contribution in [0.15, 0.2) is 0 Å². The van der Waals surface area contributed by atoms with Crippen molar-refractivity contribution in [3.63, 3.8) is 0 Å². The molecule has 1 aliphatic rings. The second-order valence-electron chi connectivity index (χ2n) is 6.53. The topological polar surface area (TPSA) is 35.6 Å². The molecule has 1 saturated heterocycles. The van der Waals surface area contributed by atoms with Crippen molar-refractivity contribution in [2.45, 2.75) is 72.8 Å². The van der Waals surface area contributed by atoms with Crippen molar-refractivity contribution in [3.05, 3.63) is 0 Å². The number of hydrogen-bond acceptors (Lipinski definition) is 3. The van der Waals surface area contributed by atoms with E-state index < -0.39 is 0 Å². The Morgan fingerprint density at radius 3 is 2.11 bits per heavy atom. The molecule has 0 aromatic carbocycles. The maximum atomic E-state index is 12.2. The first kappa shape index (κ1) is 16.4. The minimum atomic E-state index is -0.0426. The molecule has 4 nitrogen and oxygen atoms in total. The first-order valence-corrected chi connectivity index (χ1v) is 7.58. The van der Waals surface area contributed by atoms with E-state index in [-0.39, 0.29) is 18.1 Å². The van der Waals surface area contributed by atoms with Crippen molar-refractivity contribution in [1.29, 1.82) is 0 Å². The summed E-state index contributed by atoms with van der Waals surface area (Å²) in [6, 6.07) is 0.986. The van der Waals surface area contributed by atoms with Gasteiger partial charge in [-0.1, -0.05) is 13.8 Å². The Hall–Kier alpha value is -0.610. The molecule has 2 atom stereocenters. The first-order valence-electron chi connectivity index (χ1n) is 7.58. The second kappa shape index (κ2) is 6.71. The lowest BCUT2D eigenvalue weighted by atomic mass is 10.1. The van der Waals surface area contributed by atoms with Crippen LogP contribution in [0.4, 0.5) is 0 Å². The Balaban J connectivity index is 2.66. The lowest BCUT2D eigenvalue weighted by molar-refractivity contribution is -0.130. The highest BCUT2D eigenvalue weighted by atomic mass is 16.2. The standard InChI is InChI=1S/C15H31N3O/c1-10(2)14-16-13(7)15(19)18(14)9-8-17(11(3)4)12(5)6/h10-14,16H,8-9H2,1-7H3. The monoisotopic (exact) mass is 269 g/mol. The Morgan fingerprint density at radius 2 is 1.68 bits per heavy atom. The third-order valence-electron chi connectivity index (χ3n) is 3.97. The smallest absolute Gasteiger partial charge is 0.240 e. The summed E-state index contributed by atoms with van der Waals surface area (Å²) in [4.78, 5) is 16.7. The molecule has 0 bridgehead atoms. The fourth-order valence-electron chi connectivity index (χ4n) is 2.94. The lowest BCUT2D eigenvalue weighted by Gasteiger charge is -2.34. The van der Waals surface area contributed by atoms with E-state index in [1.165, 1.54) is 0 Å². The fraction of sp³-hybridized carbons (Fsp3) is 0.933. The molecule has 0 aliphatic carbocycles. The van der Waals surface area contributed by atoms with E-state index in [1.54, 1.807) is 0 Å². The molecule has 1 heterocycles. The van der Waals surface area contributed by atoms with Gasteiger partial charge in [0.25, 0.3) is 0 Å². The molecule has 4 heteroatoms. The van der Waals surface area contributed by atoms with Gasteiger partial charge in [0.15, 0.2) is 0 Å². The summed E-state index contributed by atoms with van der Waals surface area (Å²) in [7, 11) is 0. The Bertz CT molecular complexity index is 294. The van der Waals surface area contributed by atoms with E-state index in [4.69, 9.17) is 0 Å². The van der Waals surface area contributed by atoms with Gasteiger partial charge in [0.1, 0.15) is 0 Å². The summed E-state index contributed by atoms with van der Waals surface area (Å²) in [5, 5.41) is 3.39. The maximum absolute atomic E-state index is 12.2. The maximum Gasteiger partial charge on any atom is 0.240 e. The molecule has 1 aliphatic heterocycles. The average molecular weight is 269 g/mol.